The van der Waals surface area contributed by atoms with Crippen LogP contribution in [0.3, 0.4) is 0 Å². The molecule has 0 spiro atoms. The van der Waals surface area contributed by atoms with Gasteiger partial charge in [0.1, 0.15) is 0 Å². The number of likely N-dealkylation sites (tertiary alicyclic amines) is 1. The van der Waals surface area contributed by atoms with Crippen LogP contribution in [0.5, 0.6) is 0 Å². The Labute approximate surface area is 176 Å². The Morgan fingerprint density at radius 3 is 2.67 bits per heavy atom. The summed E-state index contributed by atoms with van der Waals surface area (Å²) in [6.07, 6.45) is 4.49. The highest BCUT2D eigenvalue weighted by molar-refractivity contribution is 5.89. The van der Waals surface area contributed by atoms with E-state index in [1.165, 1.54) is 0 Å². The predicted molar refractivity (Wildman–Crippen MR) is 114 cm³/mol. The third-order valence-electron chi connectivity index (χ3n) is 6.27. The van der Waals surface area contributed by atoms with Gasteiger partial charge in [-0.1, -0.05) is 55.3 Å². The van der Waals surface area contributed by atoms with E-state index in [1.807, 2.05) is 54.3 Å². The topological polar surface area (TPSA) is 75.7 Å². The van der Waals surface area contributed by atoms with E-state index in [9.17, 15) is 14.4 Å². The molecule has 2 fully saturated rings. The van der Waals surface area contributed by atoms with Crippen molar-refractivity contribution in [2.75, 3.05) is 13.2 Å². The number of hydrogen-bond acceptors (Lipinski definition) is 4. The van der Waals surface area contributed by atoms with Crippen molar-refractivity contribution in [2.24, 2.45) is 5.92 Å². The molecule has 0 aromatic heterocycles. The molecule has 2 atom stereocenters. The molecule has 0 bridgehead atoms. The third-order valence-corrected chi connectivity index (χ3v) is 6.27. The first kappa shape index (κ1) is 20.4. The van der Waals surface area contributed by atoms with Crippen LogP contribution in [-0.4, -0.2) is 41.9 Å². The maximum Gasteiger partial charge on any atom is 0.311 e. The molecule has 1 saturated heterocycles. The number of carbonyl (C=O) groups excluding carboxylic acids is 3. The van der Waals surface area contributed by atoms with Gasteiger partial charge < -0.3 is 15.0 Å². The van der Waals surface area contributed by atoms with Crippen molar-refractivity contribution in [3.8, 4) is 0 Å². The van der Waals surface area contributed by atoms with Crippen molar-refractivity contribution in [3.63, 3.8) is 0 Å². The number of benzene rings is 2. The van der Waals surface area contributed by atoms with Crippen molar-refractivity contribution in [1.29, 1.82) is 0 Å². The van der Waals surface area contributed by atoms with Crippen molar-refractivity contribution >= 4 is 28.6 Å². The number of ether oxygens (including phenoxy) is 1. The number of esters is 1. The fraction of sp³-hybridized carbons (Fsp3) is 0.458. The largest absolute Gasteiger partial charge is 0.455 e. The van der Waals surface area contributed by atoms with E-state index in [0.717, 1.165) is 42.0 Å². The molecule has 2 aliphatic rings. The van der Waals surface area contributed by atoms with Gasteiger partial charge in [-0.3, -0.25) is 14.4 Å². The van der Waals surface area contributed by atoms with Crippen molar-refractivity contribution in [1.82, 2.24) is 10.2 Å². The summed E-state index contributed by atoms with van der Waals surface area (Å²) in [4.78, 5) is 38.9. The second-order valence-corrected chi connectivity index (χ2v) is 8.35. The average molecular weight is 408 g/mol. The monoisotopic (exact) mass is 408 g/mol. The second kappa shape index (κ2) is 8.86. The van der Waals surface area contributed by atoms with Gasteiger partial charge >= 0.3 is 5.97 Å². The summed E-state index contributed by atoms with van der Waals surface area (Å²) in [6.45, 7) is 2.00. The highest BCUT2D eigenvalue weighted by Gasteiger charge is 2.39. The molecule has 1 aliphatic carbocycles. The van der Waals surface area contributed by atoms with Gasteiger partial charge in [-0.2, -0.15) is 0 Å². The van der Waals surface area contributed by atoms with Gasteiger partial charge in [0.15, 0.2) is 6.61 Å². The zero-order chi connectivity index (χ0) is 21.1. The summed E-state index contributed by atoms with van der Waals surface area (Å²) >= 11 is 0. The van der Waals surface area contributed by atoms with Crippen LogP contribution in [0.4, 0.5) is 0 Å². The summed E-state index contributed by atoms with van der Waals surface area (Å²) < 4.78 is 5.24. The Morgan fingerprint density at radius 1 is 1.13 bits per heavy atom. The Balaban J connectivity index is 1.29. The number of amides is 2. The molecule has 4 rings (SSSR count). The van der Waals surface area contributed by atoms with E-state index in [0.29, 0.717) is 6.54 Å². The van der Waals surface area contributed by atoms with E-state index >= 15 is 0 Å². The fourth-order valence-corrected chi connectivity index (χ4v) is 4.70. The van der Waals surface area contributed by atoms with Crippen LogP contribution < -0.4 is 5.32 Å². The summed E-state index contributed by atoms with van der Waals surface area (Å²) in [5.41, 5.74) is 1.02. The van der Waals surface area contributed by atoms with E-state index < -0.39 is 11.9 Å². The molecule has 0 radical (unpaired) electrons. The number of hydrogen-bond donors (Lipinski definition) is 1. The zero-order valence-corrected chi connectivity index (χ0v) is 17.3. The molecule has 1 aliphatic heterocycles. The molecule has 1 N–H and O–H groups in total. The second-order valence-electron chi connectivity index (χ2n) is 8.35. The molecule has 1 heterocycles. The molecule has 2 amide bonds. The third kappa shape index (κ3) is 4.32. The van der Waals surface area contributed by atoms with Gasteiger partial charge in [-0.15, -0.1) is 0 Å². The minimum Gasteiger partial charge on any atom is -0.455 e. The number of carbonyl (C=O) groups is 3. The van der Waals surface area contributed by atoms with Crippen LogP contribution in [0, 0.1) is 5.92 Å². The van der Waals surface area contributed by atoms with Gasteiger partial charge in [0.05, 0.1) is 12.0 Å². The molecular weight excluding hydrogens is 380 g/mol. The van der Waals surface area contributed by atoms with E-state index in [4.69, 9.17) is 4.74 Å². The SMILES string of the molecule is C[C@@H](NC(=O)COC(=O)[C@H]1CC(=O)N(C2CCCC2)C1)c1cccc2ccccc12. The minimum absolute atomic E-state index is 0.0258. The smallest absolute Gasteiger partial charge is 0.311 e. The summed E-state index contributed by atoms with van der Waals surface area (Å²) in [6, 6.07) is 14.1. The maximum atomic E-state index is 12.4. The van der Waals surface area contributed by atoms with Crippen LogP contribution in [0.15, 0.2) is 42.5 Å². The Bertz CT molecular complexity index is 946. The molecule has 6 nitrogen and oxygen atoms in total. The van der Waals surface area contributed by atoms with Crippen molar-refractivity contribution < 1.29 is 19.1 Å². The Hall–Kier alpha value is -2.89. The summed E-state index contributed by atoms with van der Waals surface area (Å²) in [5, 5.41) is 5.10. The lowest BCUT2D eigenvalue weighted by Gasteiger charge is -2.23. The highest BCUT2D eigenvalue weighted by atomic mass is 16.5. The van der Waals surface area contributed by atoms with E-state index in [2.05, 4.69) is 5.32 Å². The van der Waals surface area contributed by atoms with Gasteiger partial charge in [-0.25, -0.2) is 0 Å². The molecule has 1 saturated carbocycles. The minimum atomic E-state index is -0.471. The first-order chi connectivity index (χ1) is 14.5. The molecule has 0 unspecified atom stereocenters. The number of nitrogens with zero attached hydrogens (tertiary/aromatic N) is 1. The van der Waals surface area contributed by atoms with Gasteiger partial charge in [-0.05, 0) is 36.1 Å². The fourth-order valence-electron chi connectivity index (χ4n) is 4.70. The van der Waals surface area contributed by atoms with Gasteiger partial charge in [0, 0.05) is 19.0 Å². The lowest BCUT2D eigenvalue weighted by Crippen LogP contribution is -2.35. The van der Waals surface area contributed by atoms with Crippen molar-refractivity contribution in [2.45, 2.75) is 51.1 Å². The summed E-state index contributed by atoms with van der Waals surface area (Å²) in [5.74, 6) is -1.25. The predicted octanol–water partition coefficient (Wildman–Crippen LogP) is 3.35. The van der Waals surface area contributed by atoms with Crippen LogP contribution in [0.2, 0.25) is 0 Å². The highest BCUT2D eigenvalue weighted by Crippen LogP contribution is 2.30. The van der Waals surface area contributed by atoms with Gasteiger partial charge in [0.25, 0.3) is 5.91 Å². The van der Waals surface area contributed by atoms with Crippen LogP contribution in [0.1, 0.15) is 50.6 Å². The van der Waals surface area contributed by atoms with E-state index in [1.54, 1.807) is 0 Å². The van der Waals surface area contributed by atoms with E-state index in [-0.39, 0.29) is 36.9 Å². The number of nitrogens with one attached hydrogen (secondary N) is 1. The maximum absolute atomic E-state index is 12.4. The summed E-state index contributed by atoms with van der Waals surface area (Å²) in [7, 11) is 0. The van der Waals surface area contributed by atoms with Crippen molar-refractivity contribution in [3.05, 3.63) is 48.0 Å². The van der Waals surface area contributed by atoms with Crippen LogP contribution in [0.25, 0.3) is 10.8 Å². The van der Waals surface area contributed by atoms with Gasteiger partial charge in [0.2, 0.25) is 5.91 Å². The van der Waals surface area contributed by atoms with Crippen LogP contribution in [-0.2, 0) is 19.1 Å². The molecule has 2 aromatic carbocycles. The quantitative estimate of drug-likeness (QED) is 0.744. The standard InChI is InChI=1S/C24H28N2O4/c1-16(20-12-6-8-17-7-2-5-11-21(17)20)25-22(27)15-30-24(29)18-13-23(28)26(14-18)19-9-3-4-10-19/h2,5-8,11-12,16,18-19H,3-4,9-10,13-15H2,1H3,(H,25,27)/t16-,18+/m1/s1. The molecular formula is C24H28N2O4. The molecule has 158 valence electrons. The Kier molecular flexibility index (Phi) is 6.02. The first-order valence-electron chi connectivity index (χ1n) is 10.8. The lowest BCUT2D eigenvalue weighted by atomic mass is 10.00. The first-order valence-corrected chi connectivity index (χ1v) is 10.8. The number of rotatable bonds is 6. The Morgan fingerprint density at radius 2 is 1.87 bits per heavy atom. The number of fused-ring (bicyclic) bond motifs is 1. The molecule has 30 heavy (non-hydrogen) atoms. The normalized spacial score (nSPS) is 20.5. The van der Waals surface area contributed by atoms with Crippen LogP contribution >= 0.6 is 0 Å². The molecule has 6 heteroatoms. The average Bonchev–Trinajstić information content (AvgIpc) is 3.41. The zero-order valence-electron chi connectivity index (χ0n) is 17.3. The molecule has 2 aromatic rings. The lowest BCUT2D eigenvalue weighted by molar-refractivity contribution is -0.152.